The molecule has 3 heterocycles. The van der Waals surface area contributed by atoms with Gasteiger partial charge in [0.1, 0.15) is 18.1 Å². The molecule has 1 aromatic carbocycles. The first-order valence-electron chi connectivity index (χ1n) is 10.1. The average Bonchev–Trinajstić information content (AvgIpc) is 2.79. The van der Waals surface area contributed by atoms with E-state index >= 15 is 0 Å². The summed E-state index contributed by atoms with van der Waals surface area (Å²) < 4.78 is 5.72. The molecule has 2 aromatic heterocycles. The van der Waals surface area contributed by atoms with E-state index in [0.29, 0.717) is 22.8 Å². The molecule has 0 unspecified atom stereocenters. The molecule has 4 rings (SSSR count). The number of benzene rings is 1. The topological polar surface area (TPSA) is 150 Å². The number of nitrogen functional groups attached to an aromatic ring is 2. The lowest BCUT2D eigenvalue weighted by atomic mass is 10.1. The van der Waals surface area contributed by atoms with E-state index in [0.717, 1.165) is 31.7 Å². The van der Waals surface area contributed by atoms with Crippen molar-refractivity contribution in [2.45, 2.75) is 6.61 Å². The minimum Gasteiger partial charge on any atom is -0.470 e. The normalized spacial score (nSPS) is 14.3. The average molecular weight is 436 g/mol. The van der Waals surface area contributed by atoms with Gasteiger partial charge in [0.15, 0.2) is 5.82 Å². The number of nitrogens with two attached hydrogens (primary N) is 2. The van der Waals surface area contributed by atoms with Crippen LogP contribution in [0, 0.1) is 10.1 Å². The van der Waals surface area contributed by atoms with Gasteiger partial charge in [0.05, 0.1) is 16.8 Å². The summed E-state index contributed by atoms with van der Waals surface area (Å²) in [6.07, 6.45) is 3.06. The van der Waals surface area contributed by atoms with Gasteiger partial charge in [-0.3, -0.25) is 10.1 Å². The molecule has 1 saturated heterocycles. The number of anilines is 3. The summed E-state index contributed by atoms with van der Waals surface area (Å²) in [6.45, 7) is 3.35. The molecule has 0 amide bonds. The number of nitrogens with zero attached hydrogens (tertiary/aromatic N) is 6. The molecular weight excluding hydrogens is 412 g/mol. The fraction of sp³-hybridized carbons (Fsp3) is 0.286. The van der Waals surface area contributed by atoms with E-state index in [9.17, 15) is 10.1 Å². The van der Waals surface area contributed by atoms with Gasteiger partial charge in [0.2, 0.25) is 0 Å². The lowest BCUT2D eigenvalue weighted by molar-refractivity contribution is -0.384. The Morgan fingerprint density at radius 3 is 2.62 bits per heavy atom. The van der Waals surface area contributed by atoms with Crippen LogP contribution in [0.4, 0.5) is 23.0 Å². The van der Waals surface area contributed by atoms with Crippen molar-refractivity contribution >= 4 is 23.0 Å². The van der Waals surface area contributed by atoms with Crippen LogP contribution in [0.1, 0.15) is 5.56 Å². The van der Waals surface area contributed by atoms with Crippen molar-refractivity contribution in [2.24, 2.45) is 0 Å². The summed E-state index contributed by atoms with van der Waals surface area (Å²) in [5.41, 5.74) is 14.0. The highest BCUT2D eigenvalue weighted by atomic mass is 16.6. The Labute approximate surface area is 184 Å². The molecule has 0 spiro atoms. The maximum absolute atomic E-state index is 11.8. The molecule has 0 aliphatic carbocycles. The molecule has 11 nitrogen and oxygen atoms in total. The van der Waals surface area contributed by atoms with Crippen LogP contribution in [0.3, 0.4) is 0 Å². The molecule has 1 aliphatic heterocycles. The number of nitro benzene ring substituents is 1. The lowest BCUT2D eigenvalue weighted by Gasteiger charge is -2.33. The molecule has 4 N–H and O–H groups in total. The molecule has 0 bridgehead atoms. The van der Waals surface area contributed by atoms with Gasteiger partial charge in [-0.05, 0) is 30.8 Å². The monoisotopic (exact) mass is 436 g/mol. The Kier molecular flexibility index (Phi) is 5.99. The zero-order chi connectivity index (χ0) is 22.7. The third-order valence-electron chi connectivity index (χ3n) is 5.30. The first-order chi connectivity index (χ1) is 15.4. The third-order valence-corrected chi connectivity index (χ3v) is 5.30. The highest BCUT2D eigenvalue weighted by Gasteiger charge is 2.23. The van der Waals surface area contributed by atoms with Crippen molar-refractivity contribution < 1.29 is 9.66 Å². The van der Waals surface area contributed by atoms with Crippen LogP contribution < -0.4 is 21.1 Å². The van der Waals surface area contributed by atoms with E-state index < -0.39 is 0 Å². The molecule has 0 radical (unpaired) electrons. The van der Waals surface area contributed by atoms with Crippen molar-refractivity contribution in [2.75, 3.05) is 49.6 Å². The number of likely N-dealkylation sites (N-methyl/N-ethyl adjacent to an activating group) is 1. The Bertz CT molecular complexity index is 1130. The second kappa shape index (κ2) is 9.02. The van der Waals surface area contributed by atoms with Gasteiger partial charge in [0.25, 0.3) is 11.6 Å². The number of rotatable bonds is 6. The van der Waals surface area contributed by atoms with Gasteiger partial charge in [0, 0.05) is 44.0 Å². The second-order valence-corrected chi connectivity index (χ2v) is 7.57. The molecule has 32 heavy (non-hydrogen) atoms. The summed E-state index contributed by atoms with van der Waals surface area (Å²) >= 11 is 0. The summed E-state index contributed by atoms with van der Waals surface area (Å²) in [7, 11) is 2.04. The van der Waals surface area contributed by atoms with Gasteiger partial charge in [-0.15, -0.1) is 0 Å². The fourth-order valence-electron chi connectivity index (χ4n) is 3.51. The number of aromatic nitrogens is 3. The predicted molar refractivity (Wildman–Crippen MR) is 121 cm³/mol. The lowest BCUT2D eigenvalue weighted by Crippen LogP contribution is -2.44. The Morgan fingerprint density at radius 2 is 1.91 bits per heavy atom. The maximum Gasteiger partial charge on any atom is 0.293 e. The van der Waals surface area contributed by atoms with Crippen LogP contribution in [0.25, 0.3) is 11.3 Å². The smallest absolute Gasteiger partial charge is 0.293 e. The summed E-state index contributed by atoms with van der Waals surface area (Å²) in [5, 5.41) is 11.8. The Hall–Kier alpha value is -3.99. The second-order valence-electron chi connectivity index (χ2n) is 7.57. The van der Waals surface area contributed by atoms with Gasteiger partial charge in [-0.25, -0.2) is 15.0 Å². The highest BCUT2D eigenvalue weighted by Crippen LogP contribution is 2.34. The van der Waals surface area contributed by atoms with Crippen LogP contribution >= 0.6 is 0 Å². The number of nitro groups is 1. The zero-order valence-corrected chi connectivity index (χ0v) is 17.6. The SMILES string of the molecule is CN1CCN(c2ccc(-c3cnc(N)c(OCc4ccnc(N)c4)n3)cc2[N+](=O)[O-])CC1. The van der Waals surface area contributed by atoms with Crippen LogP contribution in [0.2, 0.25) is 0 Å². The Morgan fingerprint density at radius 1 is 1.12 bits per heavy atom. The Balaban J connectivity index is 1.59. The number of piperazine rings is 1. The standard InChI is InChI=1S/C21H24N8O3/c1-27-6-8-28(9-7-27)17-3-2-15(11-18(17)29(30)31)16-12-25-20(23)21(26-16)32-13-14-4-5-24-19(22)10-14/h2-5,10-12H,6-9,13H2,1H3,(H2,22,24)(H2,23,25). The molecule has 11 heteroatoms. The van der Waals surface area contributed by atoms with Gasteiger partial charge < -0.3 is 26.0 Å². The molecule has 1 aliphatic rings. The minimum atomic E-state index is -0.368. The quantitative estimate of drug-likeness (QED) is 0.433. The van der Waals surface area contributed by atoms with Gasteiger partial charge in [-0.1, -0.05) is 6.07 Å². The van der Waals surface area contributed by atoms with Gasteiger partial charge >= 0.3 is 0 Å². The fourth-order valence-corrected chi connectivity index (χ4v) is 3.51. The van der Waals surface area contributed by atoms with E-state index in [1.807, 2.05) is 11.9 Å². The molecule has 166 valence electrons. The van der Waals surface area contributed by atoms with E-state index in [1.54, 1.807) is 30.5 Å². The number of pyridine rings is 1. The molecule has 3 aromatic rings. The van der Waals surface area contributed by atoms with Crippen molar-refractivity contribution in [3.8, 4) is 17.1 Å². The van der Waals surface area contributed by atoms with Crippen LogP contribution in [0.15, 0.2) is 42.7 Å². The van der Waals surface area contributed by atoms with Crippen LogP contribution in [-0.4, -0.2) is 58.0 Å². The van der Waals surface area contributed by atoms with Crippen LogP contribution in [-0.2, 0) is 6.61 Å². The van der Waals surface area contributed by atoms with E-state index in [1.165, 1.54) is 12.3 Å². The molecular formula is C21H24N8O3. The summed E-state index contributed by atoms with van der Waals surface area (Å²) in [4.78, 5) is 28.2. The molecule has 0 saturated carbocycles. The molecule has 0 atom stereocenters. The van der Waals surface area contributed by atoms with Crippen molar-refractivity contribution in [1.82, 2.24) is 19.9 Å². The first-order valence-corrected chi connectivity index (χ1v) is 10.1. The first kappa shape index (κ1) is 21.2. The summed E-state index contributed by atoms with van der Waals surface area (Å²) in [5.74, 6) is 0.648. The number of hydrogen-bond acceptors (Lipinski definition) is 10. The van der Waals surface area contributed by atoms with E-state index in [4.69, 9.17) is 16.2 Å². The van der Waals surface area contributed by atoms with Gasteiger partial charge in [-0.2, -0.15) is 0 Å². The minimum absolute atomic E-state index is 0.0282. The molecule has 1 fully saturated rings. The maximum atomic E-state index is 11.8. The van der Waals surface area contributed by atoms with Crippen molar-refractivity contribution in [3.63, 3.8) is 0 Å². The van der Waals surface area contributed by atoms with E-state index in [2.05, 4.69) is 19.9 Å². The van der Waals surface area contributed by atoms with Crippen molar-refractivity contribution in [1.29, 1.82) is 0 Å². The largest absolute Gasteiger partial charge is 0.470 e. The summed E-state index contributed by atoms with van der Waals surface area (Å²) in [6, 6.07) is 8.53. The third kappa shape index (κ3) is 4.67. The number of ether oxygens (including phenoxy) is 1. The highest BCUT2D eigenvalue weighted by molar-refractivity contribution is 5.73. The van der Waals surface area contributed by atoms with Crippen molar-refractivity contribution in [3.05, 3.63) is 58.4 Å². The van der Waals surface area contributed by atoms with Crippen LogP contribution in [0.5, 0.6) is 5.88 Å². The zero-order valence-electron chi connectivity index (χ0n) is 17.6. The number of hydrogen-bond donors (Lipinski definition) is 2. The van der Waals surface area contributed by atoms with E-state index in [-0.39, 0.29) is 28.9 Å². The predicted octanol–water partition coefficient (Wildman–Crippen LogP) is 1.94.